The second-order valence-corrected chi connectivity index (χ2v) is 6.37. The maximum atomic E-state index is 6.15. The molecule has 3 nitrogen and oxygen atoms in total. The Labute approximate surface area is 129 Å². The number of para-hydroxylation sites is 1. The first-order valence-electron chi connectivity index (χ1n) is 8.34. The highest BCUT2D eigenvalue weighted by molar-refractivity contribution is 5.36. The Morgan fingerprint density at radius 2 is 2.00 bits per heavy atom. The molecule has 21 heavy (non-hydrogen) atoms. The summed E-state index contributed by atoms with van der Waals surface area (Å²) in [4.78, 5) is 2.61. The molecule has 3 heteroatoms. The molecule has 1 aromatic carbocycles. The molecular formula is C18H30N2O. The Bertz CT molecular complexity index is 429. The van der Waals surface area contributed by atoms with E-state index in [9.17, 15) is 0 Å². The van der Waals surface area contributed by atoms with Crippen LogP contribution in [0.4, 0.5) is 0 Å². The molecule has 0 saturated heterocycles. The van der Waals surface area contributed by atoms with Crippen LogP contribution in [-0.4, -0.2) is 30.6 Å². The van der Waals surface area contributed by atoms with Crippen molar-refractivity contribution in [3.8, 4) is 5.75 Å². The van der Waals surface area contributed by atoms with Crippen LogP contribution >= 0.6 is 0 Å². The third-order valence-corrected chi connectivity index (χ3v) is 4.18. The monoisotopic (exact) mass is 290 g/mol. The summed E-state index contributed by atoms with van der Waals surface area (Å²) in [5.74, 6) is 1.72. The molecule has 1 unspecified atom stereocenters. The van der Waals surface area contributed by atoms with Gasteiger partial charge in [-0.05, 0) is 44.7 Å². The van der Waals surface area contributed by atoms with E-state index in [4.69, 9.17) is 10.5 Å². The molecule has 1 atom stereocenters. The van der Waals surface area contributed by atoms with Crippen molar-refractivity contribution >= 4 is 0 Å². The van der Waals surface area contributed by atoms with Crippen molar-refractivity contribution in [2.24, 2.45) is 11.7 Å². The summed E-state index contributed by atoms with van der Waals surface area (Å²) in [5, 5.41) is 0. The number of hydrogen-bond donors (Lipinski definition) is 1. The molecule has 118 valence electrons. The average Bonchev–Trinajstić information content (AvgIpc) is 3.29. The Morgan fingerprint density at radius 3 is 2.57 bits per heavy atom. The van der Waals surface area contributed by atoms with Gasteiger partial charge in [-0.15, -0.1) is 0 Å². The van der Waals surface area contributed by atoms with Crippen LogP contribution in [0.1, 0.15) is 51.6 Å². The van der Waals surface area contributed by atoms with Crippen LogP contribution in [0, 0.1) is 5.92 Å². The zero-order valence-electron chi connectivity index (χ0n) is 13.7. The van der Waals surface area contributed by atoms with Crippen molar-refractivity contribution in [3.63, 3.8) is 0 Å². The van der Waals surface area contributed by atoms with Gasteiger partial charge in [-0.3, -0.25) is 4.90 Å². The second-order valence-electron chi connectivity index (χ2n) is 6.37. The number of hydrogen-bond acceptors (Lipinski definition) is 3. The predicted molar refractivity (Wildman–Crippen MR) is 88.6 cm³/mol. The highest BCUT2D eigenvalue weighted by Crippen LogP contribution is 2.37. The van der Waals surface area contributed by atoms with Crippen molar-refractivity contribution in [1.29, 1.82) is 0 Å². The Hall–Kier alpha value is -1.06. The van der Waals surface area contributed by atoms with Gasteiger partial charge < -0.3 is 10.5 Å². The van der Waals surface area contributed by atoms with Gasteiger partial charge in [-0.25, -0.2) is 0 Å². The lowest BCUT2D eigenvalue weighted by Gasteiger charge is -2.33. The largest absolute Gasteiger partial charge is 0.494 e. The third kappa shape index (κ3) is 4.45. The van der Waals surface area contributed by atoms with Crippen molar-refractivity contribution in [2.45, 2.75) is 52.1 Å². The lowest BCUT2D eigenvalue weighted by Crippen LogP contribution is -2.37. The van der Waals surface area contributed by atoms with Crippen molar-refractivity contribution in [3.05, 3.63) is 29.8 Å². The van der Waals surface area contributed by atoms with Crippen molar-refractivity contribution in [1.82, 2.24) is 4.90 Å². The van der Waals surface area contributed by atoms with Gasteiger partial charge in [0.1, 0.15) is 5.75 Å². The highest BCUT2D eigenvalue weighted by Gasteiger charge is 2.34. The molecule has 2 rings (SSSR count). The van der Waals surface area contributed by atoms with Crippen LogP contribution in [0.15, 0.2) is 24.3 Å². The summed E-state index contributed by atoms with van der Waals surface area (Å²) in [5.41, 5.74) is 7.39. The van der Waals surface area contributed by atoms with Gasteiger partial charge in [-0.2, -0.15) is 0 Å². The quantitative estimate of drug-likeness (QED) is 0.755. The Morgan fingerprint density at radius 1 is 1.29 bits per heavy atom. The van der Waals surface area contributed by atoms with E-state index in [-0.39, 0.29) is 6.04 Å². The minimum absolute atomic E-state index is 0.277. The summed E-state index contributed by atoms with van der Waals surface area (Å²) in [6.45, 7) is 9.09. The molecule has 1 aliphatic carbocycles. The minimum Gasteiger partial charge on any atom is -0.494 e. The van der Waals surface area contributed by atoms with Crippen LogP contribution < -0.4 is 10.5 Å². The maximum Gasteiger partial charge on any atom is 0.124 e. The summed E-state index contributed by atoms with van der Waals surface area (Å²) in [7, 11) is 0. The maximum absolute atomic E-state index is 6.15. The lowest BCUT2D eigenvalue weighted by molar-refractivity contribution is 0.176. The fourth-order valence-electron chi connectivity index (χ4n) is 2.89. The number of rotatable bonds is 9. The molecule has 1 aromatic rings. The molecule has 0 bridgehead atoms. The van der Waals surface area contributed by atoms with Gasteiger partial charge in [0.25, 0.3) is 0 Å². The van der Waals surface area contributed by atoms with E-state index < -0.39 is 0 Å². The molecule has 1 fully saturated rings. The first-order valence-corrected chi connectivity index (χ1v) is 8.34. The molecular weight excluding hydrogens is 260 g/mol. The number of ether oxygens (including phenoxy) is 1. The molecule has 1 aliphatic rings. The number of nitrogens with zero attached hydrogens (tertiary/aromatic N) is 1. The van der Waals surface area contributed by atoms with Gasteiger partial charge in [0.2, 0.25) is 0 Å². The molecule has 2 N–H and O–H groups in total. The summed E-state index contributed by atoms with van der Waals surface area (Å²) < 4.78 is 5.81. The van der Waals surface area contributed by atoms with E-state index in [1.54, 1.807) is 0 Å². The SMILES string of the molecule is CCOc1ccccc1C(CN)N(CCC(C)C)C1CC1. The van der Waals surface area contributed by atoms with Crippen molar-refractivity contribution < 1.29 is 4.74 Å². The number of nitrogens with two attached hydrogens (primary N) is 1. The first-order chi connectivity index (χ1) is 10.2. The average molecular weight is 290 g/mol. The predicted octanol–water partition coefficient (Wildman–Crippen LogP) is 3.60. The Balaban J connectivity index is 2.19. The Kier molecular flexibility index (Phi) is 6.07. The molecule has 0 heterocycles. The minimum atomic E-state index is 0.277. The molecule has 0 aliphatic heterocycles. The zero-order chi connectivity index (χ0) is 15.2. The van der Waals surface area contributed by atoms with Gasteiger partial charge >= 0.3 is 0 Å². The smallest absolute Gasteiger partial charge is 0.124 e. The highest BCUT2D eigenvalue weighted by atomic mass is 16.5. The lowest BCUT2D eigenvalue weighted by atomic mass is 10.0. The van der Waals surface area contributed by atoms with Crippen LogP contribution in [0.5, 0.6) is 5.75 Å². The zero-order valence-corrected chi connectivity index (χ0v) is 13.7. The van der Waals surface area contributed by atoms with Crippen LogP contribution in [0.2, 0.25) is 0 Å². The van der Waals surface area contributed by atoms with E-state index in [0.717, 1.165) is 18.2 Å². The first kappa shape index (κ1) is 16.3. The second kappa shape index (κ2) is 7.81. The molecule has 0 aromatic heterocycles. The standard InChI is InChI=1S/C18H30N2O/c1-4-21-18-8-6-5-7-16(18)17(13-19)20(15-9-10-15)12-11-14(2)3/h5-8,14-15,17H,4,9-13,19H2,1-3H3. The third-order valence-electron chi connectivity index (χ3n) is 4.18. The van der Waals surface area contributed by atoms with Gasteiger partial charge in [-0.1, -0.05) is 32.0 Å². The molecule has 0 spiro atoms. The number of benzene rings is 1. The van der Waals surface area contributed by atoms with E-state index in [1.807, 2.05) is 13.0 Å². The summed E-state index contributed by atoms with van der Waals surface area (Å²) in [6.07, 6.45) is 3.85. The van der Waals surface area contributed by atoms with Crippen molar-refractivity contribution in [2.75, 3.05) is 19.7 Å². The van der Waals surface area contributed by atoms with Gasteiger partial charge in [0, 0.05) is 18.2 Å². The van der Waals surface area contributed by atoms with E-state index in [1.165, 1.54) is 24.8 Å². The van der Waals surface area contributed by atoms with E-state index >= 15 is 0 Å². The fraction of sp³-hybridized carbons (Fsp3) is 0.667. The van der Waals surface area contributed by atoms with Crippen LogP contribution in [0.3, 0.4) is 0 Å². The normalized spacial score (nSPS) is 16.5. The molecule has 0 radical (unpaired) electrons. The summed E-state index contributed by atoms with van der Waals surface area (Å²) in [6, 6.07) is 9.36. The topological polar surface area (TPSA) is 38.5 Å². The van der Waals surface area contributed by atoms with Gasteiger partial charge in [0.15, 0.2) is 0 Å². The van der Waals surface area contributed by atoms with Gasteiger partial charge in [0.05, 0.1) is 12.6 Å². The van der Waals surface area contributed by atoms with E-state index in [2.05, 4.69) is 36.9 Å². The summed E-state index contributed by atoms with van der Waals surface area (Å²) >= 11 is 0. The van der Waals surface area contributed by atoms with Crippen LogP contribution in [-0.2, 0) is 0 Å². The fourth-order valence-corrected chi connectivity index (χ4v) is 2.89. The van der Waals surface area contributed by atoms with E-state index in [0.29, 0.717) is 19.2 Å². The molecule has 0 amide bonds. The molecule has 1 saturated carbocycles. The van der Waals surface area contributed by atoms with Crippen LogP contribution in [0.25, 0.3) is 0 Å².